The van der Waals surface area contributed by atoms with Gasteiger partial charge in [-0.15, -0.1) is 0 Å². The molecule has 0 aliphatic carbocycles. The maximum atomic E-state index is 11.2. The van der Waals surface area contributed by atoms with Crippen molar-refractivity contribution in [3.8, 4) is 0 Å². The van der Waals surface area contributed by atoms with E-state index in [1.54, 1.807) is 12.3 Å². The van der Waals surface area contributed by atoms with Crippen molar-refractivity contribution >= 4 is 18.5 Å². The molecule has 17 heavy (non-hydrogen) atoms. The summed E-state index contributed by atoms with van der Waals surface area (Å²) in [5.74, 6) is 0.0315. The Kier molecular flexibility index (Phi) is 2.71. The lowest BCUT2D eigenvalue weighted by atomic mass is 9.85. The predicted molar refractivity (Wildman–Crippen MR) is 66.5 cm³/mol. The van der Waals surface area contributed by atoms with Gasteiger partial charge in [-0.2, -0.15) is 0 Å². The van der Waals surface area contributed by atoms with Gasteiger partial charge in [0.15, 0.2) is 5.78 Å². The van der Waals surface area contributed by atoms with E-state index in [1.165, 1.54) is 6.92 Å². The van der Waals surface area contributed by atoms with Crippen molar-refractivity contribution in [2.45, 2.75) is 45.8 Å². The lowest BCUT2D eigenvalue weighted by Gasteiger charge is -2.32. The maximum absolute atomic E-state index is 11.2. The summed E-state index contributed by atoms with van der Waals surface area (Å²) in [7, 11) is -0.437. The van der Waals surface area contributed by atoms with Crippen LogP contribution in [-0.4, -0.2) is 29.1 Å². The minimum Gasteiger partial charge on any atom is -0.398 e. The third-order valence-electron chi connectivity index (χ3n) is 3.62. The number of hydrogen-bond acceptors (Lipinski definition) is 3. The highest BCUT2D eigenvalue weighted by Gasteiger charge is 2.52. The first-order chi connectivity index (χ1) is 7.73. The van der Waals surface area contributed by atoms with Gasteiger partial charge in [0.2, 0.25) is 0 Å². The number of carbonyl (C=O) groups is 1. The topological polar surface area (TPSA) is 51.3 Å². The van der Waals surface area contributed by atoms with Crippen molar-refractivity contribution in [1.82, 2.24) is 4.98 Å². The average molecular weight is 235 g/mol. The van der Waals surface area contributed by atoms with Crippen LogP contribution in [0.1, 0.15) is 45.0 Å². The second kappa shape index (κ2) is 3.72. The molecule has 92 valence electrons. The largest absolute Gasteiger partial charge is 0.512 e. The Hall–Kier alpha value is -1.07. The van der Waals surface area contributed by atoms with Crippen LogP contribution in [0.3, 0.4) is 0 Å². The Morgan fingerprint density at radius 3 is 2.18 bits per heavy atom. The molecule has 1 saturated heterocycles. The summed E-state index contributed by atoms with van der Waals surface area (Å²) in [5, 5.41) is 0. The van der Waals surface area contributed by atoms with E-state index in [2.05, 4.69) is 4.98 Å². The monoisotopic (exact) mass is 235 g/mol. The zero-order valence-electron chi connectivity index (χ0n) is 11.0. The molecule has 0 radical (unpaired) electrons. The summed E-state index contributed by atoms with van der Waals surface area (Å²) in [4.78, 5) is 14.3. The van der Waals surface area contributed by atoms with E-state index in [0.717, 1.165) is 5.59 Å². The van der Waals surface area contributed by atoms with Crippen molar-refractivity contribution in [2.75, 3.05) is 0 Å². The quantitative estimate of drug-likeness (QED) is 0.624. The molecule has 1 aromatic rings. The van der Waals surface area contributed by atoms with Gasteiger partial charge in [0, 0.05) is 17.4 Å². The number of aromatic nitrogens is 1. The number of nitrogens with one attached hydrogen (secondary N) is 1. The first kappa shape index (κ1) is 12.4. The van der Waals surface area contributed by atoms with E-state index in [-0.39, 0.29) is 17.0 Å². The van der Waals surface area contributed by atoms with Crippen LogP contribution < -0.4 is 5.59 Å². The molecule has 0 bridgehead atoms. The van der Waals surface area contributed by atoms with Crippen LogP contribution in [0.15, 0.2) is 12.3 Å². The van der Waals surface area contributed by atoms with Gasteiger partial charge < -0.3 is 14.3 Å². The van der Waals surface area contributed by atoms with E-state index in [1.807, 2.05) is 27.7 Å². The molecule has 0 amide bonds. The fraction of sp³-hybridized carbons (Fsp3) is 0.583. The first-order valence-corrected chi connectivity index (χ1v) is 5.78. The molecule has 0 unspecified atom stereocenters. The van der Waals surface area contributed by atoms with Gasteiger partial charge in [0.1, 0.15) is 0 Å². The lowest BCUT2D eigenvalue weighted by Crippen LogP contribution is -2.41. The number of hydrogen-bond donors (Lipinski definition) is 1. The minimum atomic E-state index is -0.437. The molecule has 4 nitrogen and oxygen atoms in total. The standard InChI is InChI=1S/C12H18BNO3/c1-8(15)9-6-10(14-7-9)13-16-11(2,3)12(4,5)17-13/h6-7,14H,1-5H3. The molecule has 1 N–H and O–H groups in total. The predicted octanol–water partition coefficient (Wildman–Crippen LogP) is 1.52. The molecular formula is C12H18BNO3. The molecule has 1 aliphatic heterocycles. The summed E-state index contributed by atoms with van der Waals surface area (Å²) in [5.41, 5.74) is 0.710. The van der Waals surface area contributed by atoms with Gasteiger partial charge in [0.25, 0.3) is 0 Å². The van der Waals surface area contributed by atoms with Crippen LogP contribution in [-0.2, 0) is 9.31 Å². The molecule has 1 aromatic heterocycles. The van der Waals surface area contributed by atoms with Crippen molar-refractivity contribution < 1.29 is 14.1 Å². The van der Waals surface area contributed by atoms with Gasteiger partial charge in [-0.3, -0.25) is 4.79 Å². The summed E-state index contributed by atoms with van der Waals surface area (Å²) in [6.07, 6.45) is 1.68. The van der Waals surface area contributed by atoms with Crippen LogP contribution in [0.5, 0.6) is 0 Å². The number of ketones is 1. The Labute approximate surface area is 102 Å². The number of Topliss-reactive ketones (excluding diaryl/α,β-unsaturated/α-hetero) is 1. The lowest BCUT2D eigenvalue weighted by molar-refractivity contribution is 0.00578. The SMILES string of the molecule is CC(=O)c1c[nH]c(B2OC(C)(C)C(C)(C)O2)c1. The van der Waals surface area contributed by atoms with Gasteiger partial charge in [-0.25, -0.2) is 0 Å². The number of H-pyrrole nitrogens is 1. The highest BCUT2D eigenvalue weighted by molar-refractivity contribution is 6.61. The zero-order valence-corrected chi connectivity index (χ0v) is 11.0. The van der Waals surface area contributed by atoms with E-state index >= 15 is 0 Å². The first-order valence-electron chi connectivity index (χ1n) is 5.78. The Morgan fingerprint density at radius 2 is 1.76 bits per heavy atom. The van der Waals surface area contributed by atoms with Crippen LogP contribution in [0.2, 0.25) is 0 Å². The van der Waals surface area contributed by atoms with Gasteiger partial charge in [-0.1, -0.05) is 0 Å². The van der Waals surface area contributed by atoms with Crippen molar-refractivity contribution in [2.24, 2.45) is 0 Å². The summed E-state index contributed by atoms with van der Waals surface area (Å²) in [6, 6.07) is 1.78. The molecular weight excluding hydrogens is 217 g/mol. The molecule has 5 heteroatoms. The van der Waals surface area contributed by atoms with Crippen molar-refractivity contribution in [3.63, 3.8) is 0 Å². The maximum Gasteiger partial charge on any atom is 0.512 e. The van der Waals surface area contributed by atoms with Gasteiger partial charge in [-0.05, 0) is 40.7 Å². The van der Waals surface area contributed by atoms with E-state index < -0.39 is 7.12 Å². The number of rotatable bonds is 2. The Bertz CT molecular complexity index is 434. The Morgan fingerprint density at radius 1 is 1.24 bits per heavy atom. The summed E-state index contributed by atoms with van der Waals surface area (Å²) in [6.45, 7) is 9.55. The van der Waals surface area contributed by atoms with Crippen molar-refractivity contribution in [1.29, 1.82) is 0 Å². The molecule has 0 spiro atoms. The molecule has 2 rings (SSSR count). The summed E-state index contributed by atoms with van der Waals surface area (Å²) < 4.78 is 11.8. The van der Waals surface area contributed by atoms with E-state index in [9.17, 15) is 4.79 Å². The van der Waals surface area contributed by atoms with Gasteiger partial charge in [0.05, 0.1) is 11.2 Å². The fourth-order valence-corrected chi connectivity index (χ4v) is 1.72. The highest BCUT2D eigenvalue weighted by atomic mass is 16.7. The number of aromatic amines is 1. The smallest absolute Gasteiger partial charge is 0.398 e. The second-order valence-corrected chi connectivity index (χ2v) is 5.49. The van der Waals surface area contributed by atoms with E-state index in [0.29, 0.717) is 5.56 Å². The Balaban J connectivity index is 2.23. The molecule has 0 saturated carbocycles. The van der Waals surface area contributed by atoms with Gasteiger partial charge >= 0.3 is 7.12 Å². The molecule has 0 atom stereocenters. The minimum absolute atomic E-state index is 0.0315. The van der Waals surface area contributed by atoms with Crippen LogP contribution in [0, 0.1) is 0 Å². The zero-order chi connectivity index (χ0) is 12.8. The highest BCUT2D eigenvalue weighted by Crippen LogP contribution is 2.36. The third-order valence-corrected chi connectivity index (χ3v) is 3.62. The van der Waals surface area contributed by atoms with Crippen LogP contribution in [0.25, 0.3) is 0 Å². The van der Waals surface area contributed by atoms with E-state index in [4.69, 9.17) is 9.31 Å². The second-order valence-electron chi connectivity index (χ2n) is 5.49. The summed E-state index contributed by atoms with van der Waals surface area (Å²) >= 11 is 0. The number of carbonyl (C=O) groups excluding carboxylic acids is 1. The van der Waals surface area contributed by atoms with Crippen LogP contribution >= 0.6 is 0 Å². The molecule has 2 heterocycles. The average Bonchev–Trinajstić information content (AvgIpc) is 2.70. The molecule has 1 aliphatic rings. The molecule has 0 aromatic carbocycles. The van der Waals surface area contributed by atoms with Crippen LogP contribution in [0.4, 0.5) is 0 Å². The normalized spacial score (nSPS) is 21.8. The third kappa shape index (κ3) is 2.05. The fourth-order valence-electron chi connectivity index (χ4n) is 1.72. The molecule has 1 fully saturated rings. The van der Waals surface area contributed by atoms with Crippen molar-refractivity contribution in [3.05, 3.63) is 17.8 Å².